The van der Waals surface area contributed by atoms with Crippen LogP contribution in [0.2, 0.25) is 0 Å². The van der Waals surface area contributed by atoms with Crippen LogP contribution in [0.3, 0.4) is 0 Å². The third-order valence-electron chi connectivity index (χ3n) is 3.18. The van der Waals surface area contributed by atoms with Gasteiger partial charge in [0.25, 0.3) is 0 Å². The first-order valence-electron chi connectivity index (χ1n) is 5.39. The predicted octanol–water partition coefficient (Wildman–Crippen LogP) is 3.52. The van der Waals surface area contributed by atoms with E-state index in [0.717, 1.165) is 12.8 Å². The molecule has 0 radical (unpaired) electrons. The zero-order chi connectivity index (χ0) is 11.6. The van der Waals surface area contributed by atoms with Gasteiger partial charge in [-0.15, -0.1) is 0 Å². The van der Waals surface area contributed by atoms with E-state index in [2.05, 4.69) is 41.5 Å². The maximum absolute atomic E-state index is 8.93. The minimum absolute atomic E-state index is 0.0390. The molecule has 0 aromatic rings. The predicted molar refractivity (Wildman–Crippen MR) is 66.9 cm³/mol. The molecular weight excluding hydrogens is 192 g/mol. The summed E-state index contributed by atoms with van der Waals surface area (Å²) in [5.74, 6) is 0. The molecule has 0 amide bonds. The second-order valence-corrected chi connectivity index (χ2v) is 6.95. The van der Waals surface area contributed by atoms with Gasteiger partial charge in [-0.05, 0) is 23.7 Å². The van der Waals surface area contributed by atoms with Crippen LogP contribution in [-0.4, -0.2) is 16.5 Å². The minimum Gasteiger partial charge on any atom is -0.396 e. The fourth-order valence-electron chi connectivity index (χ4n) is 2.21. The third-order valence-corrected chi connectivity index (χ3v) is 4.74. The molecule has 1 N–H and O–H groups in total. The minimum atomic E-state index is -0.0390. The molecule has 0 unspecified atom stereocenters. The summed E-state index contributed by atoms with van der Waals surface area (Å²) in [5, 5.41) is 8.93. The van der Waals surface area contributed by atoms with Crippen molar-refractivity contribution in [1.82, 2.24) is 0 Å². The molecule has 2 heteroatoms. The van der Waals surface area contributed by atoms with Crippen LogP contribution in [0.25, 0.3) is 0 Å². The Balaban J connectivity index is 4.87. The van der Waals surface area contributed by atoms with Gasteiger partial charge in [-0.1, -0.05) is 41.5 Å². The van der Waals surface area contributed by atoms with Gasteiger partial charge >= 0.3 is 0 Å². The molecule has 0 aliphatic heterocycles. The fraction of sp³-hybridized carbons (Fsp3) is 1.00. The van der Waals surface area contributed by atoms with E-state index in [1.54, 1.807) is 0 Å². The Morgan fingerprint density at radius 2 is 1.29 bits per heavy atom. The van der Waals surface area contributed by atoms with Crippen LogP contribution in [0.4, 0.5) is 0 Å². The van der Waals surface area contributed by atoms with Crippen molar-refractivity contribution < 1.29 is 5.11 Å². The molecule has 0 aliphatic rings. The maximum Gasteiger partial charge on any atom is 0.0431 e. The van der Waals surface area contributed by atoms with Crippen molar-refractivity contribution in [2.75, 3.05) is 6.61 Å². The number of aliphatic hydroxyl groups excluding tert-OH is 1. The summed E-state index contributed by atoms with van der Waals surface area (Å²) in [4.78, 5) is 0. The Labute approximate surface area is 94.7 Å². The van der Waals surface area contributed by atoms with Crippen molar-refractivity contribution in [2.24, 2.45) is 10.8 Å². The van der Waals surface area contributed by atoms with Crippen molar-refractivity contribution in [2.45, 2.75) is 59.1 Å². The lowest BCUT2D eigenvalue weighted by Crippen LogP contribution is -2.48. The standard InChI is InChI=1S/C12H26OS/c1-10(2,3)12(14,8-7-9-13)11(4,5)6/h13-14H,7-9H2,1-6H3. The summed E-state index contributed by atoms with van der Waals surface area (Å²) in [6, 6.07) is 0. The smallest absolute Gasteiger partial charge is 0.0431 e. The van der Waals surface area contributed by atoms with Gasteiger partial charge in [-0.3, -0.25) is 0 Å². The number of aliphatic hydroxyl groups is 1. The molecule has 0 fully saturated rings. The first-order chi connectivity index (χ1) is 6.06. The highest BCUT2D eigenvalue weighted by Gasteiger charge is 2.46. The SMILES string of the molecule is CC(C)(C)C(S)(CCCO)C(C)(C)C. The van der Waals surface area contributed by atoms with E-state index in [1.807, 2.05) is 0 Å². The molecule has 1 nitrogen and oxygen atoms in total. The number of hydrogen-bond acceptors (Lipinski definition) is 2. The molecule has 0 aromatic carbocycles. The summed E-state index contributed by atoms with van der Waals surface area (Å²) in [5.41, 5.74) is 0.285. The molecule has 14 heavy (non-hydrogen) atoms. The Kier molecular flexibility index (Phi) is 4.54. The van der Waals surface area contributed by atoms with E-state index >= 15 is 0 Å². The van der Waals surface area contributed by atoms with Gasteiger partial charge in [0.1, 0.15) is 0 Å². The largest absolute Gasteiger partial charge is 0.396 e. The summed E-state index contributed by atoms with van der Waals surface area (Å²) in [6.45, 7) is 13.6. The lowest BCUT2D eigenvalue weighted by Gasteiger charge is -2.50. The Hall–Kier alpha value is 0.310. The van der Waals surface area contributed by atoms with E-state index in [0.29, 0.717) is 0 Å². The normalized spacial score (nSPS) is 14.6. The molecule has 0 saturated heterocycles. The summed E-state index contributed by atoms with van der Waals surface area (Å²) in [7, 11) is 0. The quantitative estimate of drug-likeness (QED) is 0.695. The van der Waals surface area contributed by atoms with Crippen molar-refractivity contribution in [1.29, 1.82) is 0 Å². The zero-order valence-electron chi connectivity index (χ0n) is 10.5. The average Bonchev–Trinajstić information content (AvgIpc) is 1.95. The van der Waals surface area contributed by atoms with Crippen LogP contribution in [0, 0.1) is 10.8 Å². The third kappa shape index (κ3) is 2.90. The van der Waals surface area contributed by atoms with Crippen LogP contribution in [0.5, 0.6) is 0 Å². The molecule has 0 bridgehead atoms. The number of rotatable bonds is 3. The van der Waals surface area contributed by atoms with Crippen LogP contribution >= 0.6 is 12.6 Å². The van der Waals surface area contributed by atoms with E-state index in [4.69, 9.17) is 17.7 Å². The molecule has 0 rings (SSSR count). The monoisotopic (exact) mass is 218 g/mol. The van der Waals surface area contributed by atoms with Gasteiger partial charge in [0.15, 0.2) is 0 Å². The average molecular weight is 218 g/mol. The van der Waals surface area contributed by atoms with Crippen molar-refractivity contribution in [3.05, 3.63) is 0 Å². The van der Waals surface area contributed by atoms with Gasteiger partial charge in [0.2, 0.25) is 0 Å². The molecule has 0 heterocycles. The lowest BCUT2D eigenvalue weighted by molar-refractivity contribution is 0.123. The molecule has 0 aromatic heterocycles. The first kappa shape index (κ1) is 14.3. The van der Waals surface area contributed by atoms with Gasteiger partial charge in [-0.2, -0.15) is 12.6 Å². The fourth-order valence-corrected chi connectivity index (χ4v) is 2.37. The maximum atomic E-state index is 8.93. The zero-order valence-corrected chi connectivity index (χ0v) is 11.4. The van der Waals surface area contributed by atoms with Crippen molar-refractivity contribution in [3.63, 3.8) is 0 Å². The van der Waals surface area contributed by atoms with Crippen LogP contribution < -0.4 is 0 Å². The topological polar surface area (TPSA) is 20.2 Å². The molecule has 0 atom stereocenters. The van der Waals surface area contributed by atoms with E-state index in [1.165, 1.54) is 0 Å². The molecule has 0 aliphatic carbocycles. The van der Waals surface area contributed by atoms with Crippen LogP contribution in [-0.2, 0) is 0 Å². The molecule has 0 saturated carbocycles. The lowest BCUT2D eigenvalue weighted by atomic mass is 9.64. The molecule has 86 valence electrons. The van der Waals surface area contributed by atoms with Crippen LogP contribution in [0.1, 0.15) is 54.4 Å². The van der Waals surface area contributed by atoms with E-state index in [9.17, 15) is 0 Å². The highest BCUT2D eigenvalue weighted by molar-refractivity contribution is 7.82. The van der Waals surface area contributed by atoms with Crippen LogP contribution in [0.15, 0.2) is 0 Å². The van der Waals surface area contributed by atoms with Crippen molar-refractivity contribution >= 4 is 12.6 Å². The van der Waals surface area contributed by atoms with Gasteiger partial charge in [0, 0.05) is 11.4 Å². The highest BCUT2D eigenvalue weighted by Crippen LogP contribution is 2.51. The highest BCUT2D eigenvalue weighted by atomic mass is 32.1. The molecular formula is C12H26OS. The second kappa shape index (κ2) is 4.44. The Bertz CT molecular complexity index is 160. The summed E-state index contributed by atoms with van der Waals surface area (Å²) >= 11 is 4.90. The Morgan fingerprint density at radius 1 is 0.929 bits per heavy atom. The van der Waals surface area contributed by atoms with Gasteiger partial charge < -0.3 is 5.11 Å². The number of thiol groups is 1. The Morgan fingerprint density at radius 3 is 1.50 bits per heavy atom. The second-order valence-electron chi connectivity index (χ2n) is 6.19. The van der Waals surface area contributed by atoms with Crippen molar-refractivity contribution in [3.8, 4) is 0 Å². The van der Waals surface area contributed by atoms with Gasteiger partial charge in [0.05, 0.1) is 0 Å². The van der Waals surface area contributed by atoms with Gasteiger partial charge in [-0.25, -0.2) is 0 Å². The first-order valence-corrected chi connectivity index (χ1v) is 5.84. The summed E-state index contributed by atoms with van der Waals surface area (Å²) in [6.07, 6.45) is 1.79. The van der Waals surface area contributed by atoms with E-state index < -0.39 is 0 Å². The molecule has 0 spiro atoms. The van der Waals surface area contributed by atoms with E-state index in [-0.39, 0.29) is 22.2 Å². The number of hydrogen-bond donors (Lipinski definition) is 2. The summed E-state index contributed by atoms with van der Waals surface area (Å²) < 4.78 is -0.0390.